The molecule has 0 unspecified atom stereocenters. The van der Waals surface area contributed by atoms with Crippen molar-refractivity contribution >= 4 is 12.5 Å². The van der Waals surface area contributed by atoms with Crippen molar-refractivity contribution < 1.29 is 9.53 Å². The number of ketones is 1. The number of hydrogen-bond acceptors (Lipinski definition) is 3. The third-order valence-corrected chi connectivity index (χ3v) is 1.70. The van der Waals surface area contributed by atoms with Gasteiger partial charge in [-0.1, -0.05) is 20.8 Å². The Morgan fingerprint density at radius 1 is 1.38 bits per heavy atom. The Morgan fingerprint density at radius 2 is 2.00 bits per heavy atom. The predicted molar refractivity (Wildman–Crippen MR) is 54.3 cm³/mol. The zero-order chi connectivity index (χ0) is 10.3. The van der Waals surface area contributed by atoms with E-state index in [-0.39, 0.29) is 11.2 Å². The lowest BCUT2D eigenvalue weighted by atomic mass is 9.89. The highest BCUT2D eigenvalue weighted by molar-refractivity contribution is 5.83. The van der Waals surface area contributed by atoms with Crippen LogP contribution in [0.5, 0.6) is 0 Å². The van der Waals surface area contributed by atoms with Crippen molar-refractivity contribution in [3.63, 3.8) is 0 Å². The van der Waals surface area contributed by atoms with E-state index in [1.54, 1.807) is 0 Å². The van der Waals surface area contributed by atoms with Gasteiger partial charge in [0.1, 0.15) is 5.78 Å². The highest BCUT2D eigenvalue weighted by Gasteiger charge is 2.20. The van der Waals surface area contributed by atoms with E-state index >= 15 is 0 Å². The van der Waals surface area contributed by atoms with Gasteiger partial charge >= 0.3 is 0 Å². The summed E-state index contributed by atoms with van der Waals surface area (Å²) in [5, 5.41) is 0. The normalized spacial score (nSPS) is 11.3. The van der Waals surface area contributed by atoms with Crippen LogP contribution in [-0.4, -0.2) is 32.3 Å². The van der Waals surface area contributed by atoms with Crippen LogP contribution in [0.1, 0.15) is 27.2 Å². The second kappa shape index (κ2) is 5.86. The Hall–Kier alpha value is -0.700. The average molecular weight is 185 g/mol. The van der Waals surface area contributed by atoms with Crippen molar-refractivity contribution in [1.29, 1.82) is 0 Å². The Balaban J connectivity index is 3.43. The summed E-state index contributed by atoms with van der Waals surface area (Å²) in [4.78, 5) is 15.0. The standard InChI is InChI=1S/C10H19NO2/c1-10(2,3)9(12)5-7-13-8-6-11-4/h4-8H2,1-3H3. The fraction of sp³-hybridized carbons (Fsp3) is 0.800. The average Bonchev–Trinajstić information content (AvgIpc) is 2.02. The quantitative estimate of drug-likeness (QED) is 0.466. The molecule has 0 aromatic rings. The van der Waals surface area contributed by atoms with Crippen molar-refractivity contribution in [3.8, 4) is 0 Å². The van der Waals surface area contributed by atoms with Crippen LogP contribution in [0, 0.1) is 5.41 Å². The van der Waals surface area contributed by atoms with Crippen molar-refractivity contribution in [2.75, 3.05) is 19.8 Å². The summed E-state index contributed by atoms with van der Waals surface area (Å²) in [7, 11) is 0. The van der Waals surface area contributed by atoms with Crippen LogP contribution in [0.15, 0.2) is 4.99 Å². The van der Waals surface area contributed by atoms with E-state index in [0.29, 0.717) is 26.2 Å². The number of rotatable bonds is 6. The molecule has 0 rings (SSSR count). The topological polar surface area (TPSA) is 38.7 Å². The molecule has 0 aromatic heterocycles. The Morgan fingerprint density at radius 3 is 2.46 bits per heavy atom. The summed E-state index contributed by atoms with van der Waals surface area (Å²) in [5.74, 6) is 0.235. The summed E-state index contributed by atoms with van der Waals surface area (Å²) in [5.41, 5.74) is -0.250. The zero-order valence-electron chi connectivity index (χ0n) is 8.80. The van der Waals surface area contributed by atoms with Gasteiger partial charge in [-0.15, -0.1) is 0 Å². The van der Waals surface area contributed by atoms with E-state index < -0.39 is 0 Å². The van der Waals surface area contributed by atoms with Crippen molar-refractivity contribution in [3.05, 3.63) is 0 Å². The van der Waals surface area contributed by atoms with Gasteiger partial charge in [0.05, 0.1) is 19.8 Å². The van der Waals surface area contributed by atoms with Gasteiger partial charge in [0.15, 0.2) is 0 Å². The maximum absolute atomic E-state index is 11.4. The minimum Gasteiger partial charge on any atom is -0.379 e. The van der Waals surface area contributed by atoms with Gasteiger partial charge in [0.2, 0.25) is 0 Å². The van der Waals surface area contributed by atoms with Crippen LogP contribution in [0.2, 0.25) is 0 Å². The van der Waals surface area contributed by atoms with E-state index in [1.165, 1.54) is 0 Å². The summed E-state index contributed by atoms with van der Waals surface area (Å²) < 4.78 is 5.19. The van der Waals surface area contributed by atoms with Gasteiger partial charge in [-0.05, 0) is 6.72 Å². The molecule has 0 amide bonds. The van der Waals surface area contributed by atoms with E-state index in [4.69, 9.17) is 4.74 Å². The molecule has 0 bridgehead atoms. The molecule has 3 nitrogen and oxygen atoms in total. The minimum atomic E-state index is -0.250. The number of nitrogens with zero attached hydrogens (tertiary/aromatic N) is 1. The summed E-state index contributed by atoms with van der Waals surface area (Å²) in [6, 6.07) is 0. The smallest absolute Gasteiger partial charge is 0.140 e. The van der Waals surface area contributed by atoms with Crippen molar-refractivity contribution in [2.24, 2.45) is 10.4 Å². The van der Waals surface area contributed by atoms with Crippen molar-refractivity contribution in [1.82, 2.24) is 0 Å². The van der Waals surface area contributed by atoms with Crippen LogP contribution < -0.4 is 0 Å². The summed E-state index contributed by atoms with van der Waals surface area (Å²) in [6.45, 7) is 10.7. The highest BCUT2D eigenvalue weighted by Crippen LogP contribution is 2.16. The molecule has 0 aliphatic heterocycles. The number of ether oxygens (including phenoxy) is 1. The Kier molecular flexibility index (Phi) is 5.55. The highest BCUT2D eigenvalue weighted by atomic mass is 16.5. The molecule has 0 aliphatic carbocycles. The second-order valence-electron chi connectivity index (χ2n) is 3.98. The first kappa shape index (κ1) is 12.3. The first-order valence-electron chi connectivity index (χ1n) is 4.52. The molecule has 0 spiro atoms. The lowest BCUT2D eigenvalue weighted by Crippen LogP contribution is -2.21. The fourth-order valence-electron chi connectivity index (χ4n) is 0.771. The molecule has 3 heteroatoms. The van der Waals surface area contributed by atoms with Gasteiger partial charge in [-0.2, -0.15) is 0 Å². The maximum Gasteiger partial charge on any atom is 0.140 e. The molecule has 0 saturated heterocycles. The van der Waals surface area contributed by atoms with E-state index in [2.05, 4.69) is 11.7 Å². The van der Waals surface area contributed by atoms with Crippen LogP contribution in [0.3, 0.4) is 0 Å². The number of hydrogen-bond donors (Lipinski definition) is 0. The van der Waals surface area contributed by atoms with Gasteiger partial charge < -0.3 is 4.74 Å². The van der Waals surface area contributed by atoms with Gasteiger partial charge in [0, 0.05) is 11.8 Å². The van der Waals surface area contributed by atoms with Gasteiger partial charge in [-0.25, -0.2) is 0 Å². The molecule has 0 radical (unpaired) electrons. The molecule has 76 valence electrons. The Bertz CT molecular complexity index is 170. The molecule has 0 atom stereocenters. The Labute approximate surface area is 80.2 Å². The first-order chi connectivity index (χ1) is 5.98. The lowest BCUT2D eigenvalue weighted by Gasteiger charge is -2.15. The number of aliphatic imine (C=N–C) groups is 1. The van der Waals surface area contributed by atoms with Crippen molar-refractivity contribution in [2.45, 2.75) is 27.2 Å². The number of carbonyl (C=O) groups excluding carboxylic acids is 1. The summed E-state index contributed by atoms with van der Waals surface area (Å²) >= 11 is 0. The molecular formula is C10H19NO2. The SMILES string of the molecule is C=NCCOCCC(=O)C(C)(C)C. The largest absolute Gasteiger partial charge is 0.379 e. The minimum absolute atomic E-state index is 0.235. The molecule has 0 aromatic carbocycles. The fourth-order valence-corrected chi connectivity index (χ4v) is 0.771. The second-order valence-corrected chi connectivity index (χ2v) is 3.98. The third kappa shape index (κ3) is 6.46. The molecular weight excluding hydrogens is 166 g/mol. The van der Waals surface area contributed by atoms with E-state index in [1.807, 2.05) is 20.8 Å². The molecule has 0 heterocycles. The zero-order valence-corrected chi connectivity index (χ0v) is 8.80. The predicted octanol–water partition coefficient (Wildman–Crippen LogP) is 1.71. The molecule has 0 N–H and O–H groups in total. The number of carbonyl (C=O) groups is 1. The van der Waals surface area contributed by atoms with Crippen LogP contribution in [0.4, 0.5) is 0 Å². The summed E-state index contributed by atoms with van der Waals surface area (Å²) in [6.07, 6.45) is 0.487. The van der Waals surface area contributed by atoms with E-state index in [9.17, 15) is 4.79 Å². The number of Topliss-reactive ketones (excluding diaryl/α,β-unsaturated/α-hetero) is 1. The van der Waals surface area contributed by atoms with Gasteiger partial charge in [-0.3, -0.25) is 9.79 Å². The van der Waals surface area contributed by atoms with Crippen LogP contribution >= 0.6 is 0 Å². The van der Waals surface area contributed by atoms with Crippen LogP contribution in [0.25, 0.3) is 0 Å². The molecule has 0 saturated carbocycles. The van der Waals surface area contributed by atoms with E-state index in [0.717, 1.165) is 0 Å². The molecule has 0 aliphatic rings. The van der Waals surface area contributed by atoms with Crippen LogP contribution in [-0.2, 0) is 9.53 Å². The lowest BCUT2D eigenvalue weighted by molar-refractivity contribution is -0.127. The molecule has 0 fully saturated rings. The van der Waals surface area contributed by atoms with Gasteiger partial charge in [0.25, 0.3) is 0 Å². The maximum atomic E-state index is 11.4. The monoisotopic (exact) mass is 185 g/mol. The third-order valence-electron chi connectivity index (χ3n) is 1.70. The first-order valence-corrected chi connectivity index (χ1v) is 4.52. The molecule has 13 heavy (non-hydrogen) atoms.